The molecule has 0 aliphatic rings. The monoisotopic (exact) mass is 288 g/mol. The maximum Gasteiger partial charge on any atom is 0.193 e. The summed E-state index contributed by atoms with van der Waals surface area (Å²) in [6.45, 7) is 0. The van der Waals surface area contributed by atoms with Crippen molar-refractivity contribution < 1.29 is 9.52 Å². The van der Waals surface area contributed by atoms with Crippen LogP contribution in [0.5, 0.6) is 5.75 Å². The lowest BCUT2D eigenvalue weighted by Crippen LogP contribution is -2.00. The fraction of sp³-hybridized carbons (Fsp3) is 0. The van der Waals surface area contributed by atoms with Crippen molar-refractivity contribution in [1.29, 1.82) is 0 Å². The molecule has 22 heavy (non-hydrogen) atoms. The second-order valence-electron chi connectivity index (χ2n) is 5.19. The lowest BCUT2D eigenvalue weighted by atomic mass is 10.1. The van der Waals surface area contributed by atoms with Crippen LogP contribution in [0.2, 0.25) is 0 Å². The fourth-order valence-electron chi connectivity index (χ4n) is 2.67. The van der Waals surface area contributed by atoms with Gasteiger partial charge in [-0.3, -0.25) is 4.79 Å². The normalized spacial score (nSPS) is 11.1. The number of phenolic OH excluding ortho intramolecular Hbond substituents is 1. The van der Waals surface area contributed by atoms with Crippen LogP contribution in [0.25, 0.3) is 33.1 Å². The van der Waals surface area contributed by atoms with Gasteiger partial charge in [-0.1, -0.05) is 42.5 Å². The average Bonchev–Trinajstić information content (AvgIpc) is 2.55. The first-order valence-electron chi connectivity index (χ1n) is 6.97. The van der Waals surface area contributed by atoms with E-state index in [1.165, 1.54) is 6.07 Å². The second-order valence-corrected chi connectivity index (χ2v) is 5.19. The first-order chi connectivity index (χ1) is 10.7. The van der Waals surface area contributed by atoms with E-state index in [1.54, 1.807) is 24.3 Å². The van der Waals surface area contributed by atoms with Gasteiger partial charge in [0.15, 0.2) is 5.43 Å². The van der Waals surface area contributed by atoms with E-state index < -0.39 is 0 Å². The molecule has 1 N–H and O–H groups in total. The molecule has 0 atom stereocenters. The summed E-state index contributed by atoms with van der Waals surface area (Å²) in [5.41, 5.74) is 1.25. The Morgan fingerprint density at radius 3 is 2.41 bits per heavy atom. The summed E-state index contributed by atoms with van der Waals surface area (Å²) in [5.74, 6) is 0.668. The highest BCUT2D eigenvalue weighted by molar-refractivity contribution is 6.04. The molecule has 4 rings (SSSR count). The van der Waals surface area contributed by atoms with Crippen molar-refractivity contribution in [2.24, 2.45) is 0 Å². The van der Waals surface area contributed by atoms with E-state index in [1.807, 2.05) is 36.4 Å². The van der Waals surface area contributed by atoms with Crippen LogP contribution in [0.15, 0.2) is 75.9 Å². The van der Waals surface area contributed by atoms with Gasteiger partial charge < -0.3 is 9.52 Å². The van der Waals surface area contributed by atoms with Crippen LogP contribution in [0.3, 0.4) is 0 Å². The van der Waals surface area contributed by atoms with Crippen LogP contribution in [-0.2, 0) is 0 Å². The molecule has 0 saturated heterocycles. The Balaban J connectivity index is 2.13. The zero-order chi connectivity index (χ0) is 15.1. The predicted molar refractivity (Wildman–Crippen MR) is 87.1 cm³/mol. The van der Waals surface area contributed by atoms with Crippen LogP contribution in [-0.4, -0.2) is 5.11 Å². The Kier molecular flexibility index (Phi) is 2.73. The zero-order valence-electron chi connectivity index (χ0n) is 11.6. The first kappa shape index (κ1) is 12.7. The molecule has 0 saturated carbocycles. The van der Waals surface area contributed by atoms with Gasteiger partial charge in [0, 0.05) is 17.0 Å². The molecule has 0 spiro atoms. The van der Waals surface area contributed by atoms with Gasteiger partial charge in [0.05, 0.1) is 5.39 Å². The van der Waals surface area contributed by atoms with E-state index >= 15 is 0 Å². The number of phenols is 1. The predicted octanol–water partition coefficient (Wildman–Crippen LogP) is 4.32. The highest BCUT2D eigenvalue weighted by Crippen LogP contribution is 2.29. The second kappa shape index (κ2) is 4.74. The van der Waals surface area contributed by atoms with Crippen molar-refractivity contribution in [2.45, 2.75) is 0 Å². The molecule has 3 aromatic carbocycles. The van der Waals surface area contributed by atoms with Crippen LogP contribution >= 0.6 is 0 Å². The zero-order valence-corrected chi connectivity index (χ0v) is 11.6. The third-order valence-corrected chi connectivity index (χ3v) is 3.75. The smallest absolute Gasteiger partial charge is 0.193 e. The van der Waals surface area contributed by atoms with Crippen molar-refractivity contribution in [2.75, 3.05) is 0 Å². The van der Waals surface area contributed by atoms with Crippen molar-refractivity contribution >= 4 is 21.7 Å². The molecule has 0 unspecified atom stereocenters. The molecule has 1 heterocycles. The molecular weight excluding hydrogens is 276 g/mol. The summed E-state index contributed by atoms with van der Waals surface area (Å²) in [4.78, 5) is 12.4. The Labute approximate surface area is 126 Å². The van der Waals surface area contributed by atoms with Crippen molar-refractivity contribution in [1.82, 2.24) is 0 Å². The standard InChI is InChI=1S/C19H12O3/c20-14-8-6-12-7-9-15-17(21)11-18(13-4-2-1-3-5-13)22-19(15)16(12)10-14/h1-11,20H. The van der Waals surface area contributed by atoms with Crippen molar-refractivity contribution in [3.8, 4) is 17.1 Å². The molecule has 0 amide bonds. The summed E-state index contributed by atoms with van der Waals surface area (Å²) in [6, 6.07) is 19.7. The maximum absolute atomic E-state index is 12.4. The molecule has 0 radical (unpaired) electrons. The Bertz CT molecular complexity index is 1050. The lowest BCUT2D eigenvalue weighted by molar-refractivity contribution is 0.476. The SMILES string of the molecule is O=c1cc(-c2ccccc2)oc2c1ccc1ccc(O)cc12. The minimum absolute atomic E-state index is 0.0923. The van der Waals surface area contributed by atoms with E-state index in [2.05, 4.69) is 0 Å². The van der Waals surface area contributed by atoms with E-state index in [0.29, 0.717) is 16.7 Å². The third kappa shape index (κ3) is 1.95. The maximum atomic E-state index is 12.4. The van der Waals surface area contributed by atoms with Crippen molar-refractivity contribution in [3.05, 3.63) is 77.0 Å². The summed E-state index contributed by atoms with van der Waals surface area (Å²) >= 11 is 0. The van der Waals surface area contributed by atoms with Crippen molar-refractivity contribution in [3.63, 3.8) is 0 Å². The van der Waals surface area contributed by atoms with E-state index in [0.717, 1.165) is 16.3 Å². The number of hydrogen-bond acceptors (Lipinski definition) is 3. The summed E-state index contributed by atoms with van der Waals surface area (Å²) in [5, 5.41) is 11.9. The quantitative estimate of drug-likeness (QED) is 0.531. The number of hydrogen-bond donors (Lipinski definition) is 1. The largest absolute Gasteiger partial charge is 0.508 e. The molecule has 1 aromatic heterocycles. The van der Waals surface area contributed by atoms with Crippen LogP contribution in [0.1, 0.15) is 0 Å². The number of fused-ring (bicyclic) bond motifs is 3. The topological polar surface area (TPSA) is 50.4 Å². The number of rotatable bonds is 1. The van der Waals surface area contributed by atoms with Gasteiger partial charge in [0.1, 0.15) is 17.1 Å². The average molecular weight is 288 g/mol. The molecule has 4 aromatic rings. The van der Waals surface area contributed by atoms with E-state index in [-0.39, 0.29) is 11.2 Å². The van der Waals surface area contributed by atoms with Gasteiger partial charge in [-0.25, -0.2) is 0 Å². The first-order valence-corrected chi connectivity index (χ1v) is 6.97. The van der Waals surface area contributed by atoms with E-state index in [9.17, 15) is 9.90 Å². The van der Waals surface area contributed by atoms with Crippen LogP contribution in [0.4, 0.5) is 0 Å². The lowest BCUT2D eigenvalue weighted by Gasteiger charge is -2.06. The van der Waals surface area contributed by atoms with E-state index in [4.69, 9.17) is 4.42 Å². The Hall–Kier alpha value is -3.07. The third-order valence-electron chi connectivity index (χ3n) is 3.75. The minimum atomic E-state index is -0.0923. The Morgan fingerprint density at radius 2 is 1.59 bits per heavy atom. The molecule has 0 aliphatic heterocycles. The summed E-state index contributed by atoms with van der Waals surface area (Å²) in [6.07, 6.45) is 0. The number of benzene rings is 3. The van der Waals surface area contributed by atoms with Crippen LogP contribution in [0, 0.1) is 0 Å². The molecule has 106 valence electrons. The molecule has 3 heteroatoms. The highest BCUT2D eigenvalue weighted by Gasteiger charge is 2.10. The molecule has 0 aliphatic carbocycles. The molecular formula is C19H12O3. The molecule has 3 nitrogen and oxygen atoms in total. The van der Waals surface area contributed by atoms with Gasteiger partial charge >= 0.3 is 0 Å². The number of aromatic hydroxyl groups is 1. The molecule has 0 bridgehead atoms. The van der Waals surface area contributed by atoms with Gasteiger partial charge in [0.25, 0.3) is 0 Å². The minimum Gasteiger partial charge on any atom is -0.508 e. The summed E-state index contributed by atoms with van der Waals surface area (Å²) in [7, 11) is 0. The fourth-order valence-corrected chi connectivity index (χ4v) is 2.67. The summed E-state index contributed by atoms with van der Waals surface area (Å²) < 4.78 is 5.99. The van der Waals surface area contributed by atoms with Crippen LogP contribution < -0.4 is 5.43 Å². The van der Waals surface area contributed by atoms with Gasteiger partial charge in [-0.15, -0.1) is 0 Å². The Morgan fingerprint density at radius 1 is 0.818 bits per heavy atom. The highest BCUT2D eigenvalue weighted by atomic mass is 16.3. The van der Waals surface area contributed by atoms with Gasteiger partial charge in [-0.2, -0.15) is 0 Å². The molecule has 0 fully saturated rings. The van der Waals surface area contributed by atoms with Gasteiger partial charge in [-0.05, 0) is 23.6 Å². The van der Waals surface area contributed by atoms with Gasteiger partial charge in [0.2, 0.25) is 0 Å².